The number of amides is 1. The van der Waals surface area contributed by atoms with Crippen molar-refractivity contribution in [1.29, 1.82) is 0 Å². The summed E-state index contributed by atoms with van der Waals surface area (Å²) in [4.78, 5) is 12.7. The molecular formula is C30H31F2N3O2. The number of aryl methyl sites for hydroxylation is 1. The Hall–Kier alpha value is -3.58. The summed E-state index contributed by atoms with van der Waals surface area (Å²) >= 11 is 0. The van der Waals surface area contributed by atoms with Gasteiger partial charge in [-0.25, -0.2) is 13.5 Å². The SMILES string of the molecule is C=C(C)CNC(=O)c1c(F)cccc1CC[C@]1(O)CCC2=Cc3c(cnn3-c3ccc(F)cc3)C[C@@]21C. The molecule has 5 rings (SSSR count). The molecule has 1 aromatic heterocycles. The number of halogens is 2. The molecule has 1 heterocycles. The molecule has 2 aromatic carbocycles. The summed E-state index contributed by atoms with van der Waals surface area (Å²) in [6, 6.07) is 10.9. The number of aliphatic hydroxyl groups is 1. The molecule has 7 heteroatoms. The Bertz CT molecular complexity index is 1410. The van der Waals surface area contributed by atoms with Gasteiger partial charge in [0.2, 0.25) is 0 Å². The van der Waals surface area contributed by atoms with Crippen LogP contribution < -0.4 is 5.32 Å². The molecule has 0 radical (unpaired) electrons. The third kappa shape index (κ3) is 4.42. The number of aromatic nitrogens is 2. The molecule has 1 saturated carbocycles. The largest absolute Gasteiger partial charge is 0.389 e. The minimum atomic E-state index is -1.02. The van der Waals surface area contributed by atoms with Crippen molar-refractivity contribution in [1.82, 2.24) is 15.1 Å². The molecule has 1 amide bonds. The lowest BCUT2D eigenvalue weighted by atomic mass is 9.65. The summed E-state index contributed by atoms with van der Waals surface area (Å²) in [6.07, 6.45) is 6.60. The minimum absolute atomic E-state index is 0.0257. The molecule has 0 saturated heterocycles. The van der Waals surface area contributed by atoms with E-state index < -0.39 is 22.7 Å². The maximum atomic E-state index is 14.7. The Morgan fingerprint density at radius 1 is 1.22 bits per heavy atom. The van der Waals surface area contributed by atoms with E-state index in [1.54, 1.807) is 35.9 Å². The number of carbonyl (C=O) groups excluding carboxylic acids is 1. The fraction of sp³-hybridized carbons (Fsp3) is 0.333. The fourth-order valence-corrected chi connectivity index (χ4v) is 5.81. The molecule has 0 unspecified atom stereocenters. The predicted molar refractivity (Wildman–Crippen MR) is 139 cm³/mol. The maximum Gasteiger partial charge on any atom is 0.254 e. The van der Waals surface area contributed by atoms with Crippen molar-refractivity contribution in [2.24, 2.45) is 5.41 Å². The molecule has 37 heavy (non-hydrogen) atoms. The number of fused-ring (bicyclic) bond motifs is 2. The highest BCUT2D eigenvalue weighted by atomic mass is 19.1. The number of benzene rings is 2. The van der Waals surface area contributed by atoms with Crippen LogP contribution in [0.4, 0.5) is 8.78 Å². The van der Waals surface area contributed by atoms with Crippen LogP contribution in [0.3, 0.4) is 0 Å². The van der Waals surface area contributed by atoms with Crippen molar-refractivity contribution in [2.45, 2.75) is 51.6 Å². The summed E-state index contributed by atoms with van der Waals surface area (Å²) in [5.41, 5.74) is 3.74. The molecular weight excluding hydrogens is 472 g/mol. The molecule has 3 aromatic rings. The van der Waals surface area contributed by atoms with Gasteiger partial charge in [0.05, 0.1) is 28.7 Å². The van der Waals surface area contributed by atoms with Crippen molar-refractivity contribution in [3.63, 3.8) is 0 Å². The number of rotatable bonds is 7. The Labute approximate surface area is 215 Å². The van der Waals surface area contributed by atoms with E-state index in [1.807, 2.05) is 6.20 Å². The zero-order chi connectivity index (χ0) is 26.4. The first-order valence-electron chi connectivity index (χ1n) is 12.6. The number of nitrogens with one attached hydrogen (secondary N) is 1. The smallest absolute Gasteiger partial charge is 0.254 e. The molecule has 2 aliphatic carbocycles. The monoisotopic (exact) mass is 503 g/mol. The second-order valence-corrected chi connectivity index (χ2v) is 10.6. The second kappa shape index (κ2) is 9.38. The van der Waals surface area contributed by atoms with E-state index >= 15 is 0 Å². The number of nitrogens with zero attached hydrogens (tertiary/aromatic N) is 2. The van der Waals surface area contributed by atoms with Gasteiger partial charge in [0, 0.05) is 12.0 Å². The molecule has 192 valence electrons. The van der Waals surface area contributed by atoms with E-state index in [9.17, 15) is 18.7 Å². The predicted octanol–water partition coefficient (Wildman–Crippen LogP) is 5.56. The van der Waals surface area contributed by atoms with E-state index in [2.05, 4.69) is 30.0 Å². The van der Waals surface area contributed by atoms with Gasteiger partial charge in [-0.1, -0.05) is 36.8 Å². The zero-order valence-electron chi connectivity index (χ0n) is 21.2. The van der Waals surface area contributed by atoms with Crippen LogP contribution in [0.15, 0.2) is 66.4 Å². The van der Waals surface area contributed by atoms with Crippen molar-refractivity contribution in [2.75, 3.05) is 6.54 Å². The molecule has 0 bridgehead atoms. The van der Waals surface area contributed by atoms with Gasteiger partial charge in [0.25, 0.3) is 5.91 Å². The highest BCUT2D eigenvalue weighted by Crippen LogP contribution is 2.56. The van der Waals surface area contributed by atoms with Crippen LogP contribution in [0, 0.1) is 17.0 Å². The van der Waals surface area contributed by atoms with Gasteiger partial charge in [-0.15, -0.1) is 0 Å². The van der Waals surface area contributed by atoms with Gasteiger partial charge < -0.3 is 10.4 Å². The van der Waals surface area contributed by atoms with Crippen molar-refractivity contribution in [3.05, 3.63) is 100 Å². The normalized spacial score (nSPS) is 22.2. The zero-order valence-corrected chi connectivity index (χ0v) is 21.2. The lowest BCUT2D eigenvalue weighted by Crippen LogP contribution is -2.45. The van der Waals surface area contributed by atoms with Crippen LogP contribution in [-0.4, -0.2) is 32.9 Å². The van der Waals surface area contributed by atoms with Gasteiger partial charge in [-0.2, -0.15) is 5.10 Å². The molecule has 0 spiro atoms. The van der Waals surface area contributed by atoms with Gasteiger partial charge in [-0.3, -0.25) is 4.79 Å². The molecule has 5 nitrogen and oxygen atoms in total. The van der Waals surface area contributed by atoms with E-state index in [-0.39, 0.29) is 17.9 Å². The van der Waals surface area contributed by atoms with Gasteiger partial charge in [0.15, 0.2) is 0 Å². The number of hydrogen-bond donors (Lipinski definition) is 2. The Morgan fingerprint density at radius 2 is 1.97 bits per heavy atom. The first kappa shape index (κ1) is 25.1. The van der Waals surface area contributed by atoms with Crippen LogP contribution >= 0.6 is 0 Å². The fourth-order valence-electron chi connectivity index (χ4n) is 5.81. The maximum absolute atomic E-state index is 14.7. The average Bonchev–Trinajstić information content (AvgIpc) is 3.38. The lowest BCUT2D eigenvalue weighted by Gasteiger charge is -2.42. The van der Waals surface area contributed by atoms with Crippen molar-refractivity contribution < 1.29 is 18.7 Å². The Kier molecular flexibility index (Phi) is 6.36. The van der Waals surface area contributed by atoms with Gasteiger partial charge >= 0.3 is 0 Å². The van der Waals surface area contributed by atoms with Crippen LogP contribution in [0.2, 0.25) is 0 Å². The lowest BCUT2D eigenvalue weighted by molar-refractivity contribution is -0.0462. The summed E-state index contributed by atoms with van der Waals surface area (Å²) in [5.74, 6) is -1.35. The molecule has 0 aliphatic heterocycles. The van der Waals surface area contributed by atoms with E-state index in [0.29, 0.717) is 31.2 Å². The Balaban J connectivity index is 1.39. The van der Waals surface area contributed by atoms with Gasteiger partial charge in [0.1, 0.15) is 11.6 Å². The number of hydrogen-bond acceptors (Lipinski definition) is 3. The first-order chi connectivity index (χ1) is 17.6. The quantitative estimate of drug-likeness (QED) is 0.415. The standard InChI is InChI=1S/C30H31F2N3O2/c1-19(2)17-33-28(36)27-20(5-4-6-25(27)32)11-13-30(37)14-12-22-15-26-21(16-29(22,30)3)18-34-35(26)24-9-7-23(31)8-10-24/h4-10,15,18,37H,1,11-14,16-17H2,2-3H3,(H,33,36)/t29-,30-/m0/s1. The van der Waals surface area contributed by atoms with Crippen molar-refractivity contribution >= 4 is 12.0 Å². The van der Waals surface area contributed by atoms with Crippen LogP contribution in [0.5, 0.6) is 0 Å². The Morgan fingerprint density at radius 3 is 2.70 bits per heavy atom. The van der Waals surface area contributed by atoms with Crippen LogP contribution in [0.1, 0.15) is 60.3 Å². The van der Waals surface area contributed by atoms with Crippen molar-refractivity contribution in [3.8, 4) is 5.69 Å². The van der Waals surface area contributed by atoms with E-state index in [4.69, 9.17) is 0 Å². The van der Waals surface area contributed by atoms with Gasteiger partial charge in [-0.05, 0) is 86.6 Å². The number of carbonyl (C=O) groups is 1. The summed E-state index contributed by atoms with van der Waals surface area (Å²) in [6.45, 7) is 7.93. The molecule has 2 aliphatic rings. The highest BCUT2D eigenvalue weighted by molar-refractivity contribution is 5.96. The molecule has 2 N–H and O–H groups in total. The third-order valence-corrected chi connectivity index (χ3v) is 8.04. The highest BCUT2D eigenvalue weighted by Gasteiger charge is 2.54. The molecule has 1 fully saturated rings. The summed E-state index contributed by atoms with van der Waals surface area (Å²) < 4.78 is 29.9. The van der Waals surface area contributed by atoms with Crippen LogP contribution in [-0.2, 0) is 12.8 Å². The third-order valence-electron chi connectivity index (χ3n) is 8.04. The summed E-state index contributed by atoms with van der Waals surface area (Å²) in [5, 5.41) is 19.2. The topological polar surface area (TPSA) is 67.2 Å². The van der Waals surface area contributed by atoms with E-state index in [0.717, 1.165) is 34.5 Å². The molecule has 2 atom stereocenters. The first-order valence-corrected chi connectivity index (χ1v) is 12.6. The second-order valence-electron chi connectivity index (χ2n) is 10.6. The minimum Gasteiger partial charge on any atom is -0.389 e. The average molecular weight is 504 g/mol. The van der Waals surface area contributed by atoms with Crippen LogP contribution in [0.25, 0.3) is 11.8 Å². The van der Waals surface area contributed by atoms with E-state index in [1.165, 1.54) is 18.2 Å². The summed E-state index contributed by atoms with van der Waals surface area (Å²) in [7, 11) is 0.